The quantitative estimate of drug-likeness (QED) is 0.170. The molecular formula is C46H30N4. The Labute approximate surface area is 290 Å². The molecule has 2 aromatic heterocycles. The first-order chi connectivity index (χ1) is 24.8. The number of nitrogens with zero attached hydrogens (tertiary/aromatic N) is 4. The lowest BCUT2D eigenvalue weighted by Gasteiger charge is -2.19. The Morgan fingerprint density at radius 3 is 1.26 bits per heavy atom. The first-order valence-corrected chi connectivity index (χ1v) is 16.7. The Balaban J connectivity index is 1.33. The van der Waals surface area contributed by atoms with Crippen LogP contribution in [0.5, 0.6) is 0 Å². The van der Waals surface area contributed by atoms with E-state index in [4.69, 9.17) is 15.0 Å². The molecule has 0 saturated carbocycles. The summed E-state index contributed by atoms with van der Waals surface area (Å²) in [7, 11) is 0. The molecule has 0 aliphatic heterocycles. The van der Waals surface area contributed by atoms with E-state index in [0.29, 0.717) is 17.5 Å². The van der Waals surface area contributed by atoms with Crippen LogP contribution in [0.1, 0.15) is 0 Å². The van der Waals surface area contributed by atoms with Crippen molar-refractivity contribution in [2.24, 2.45) is 0 Å². The molecule has 234 valence electrons. The van der Waals surface area contributed by atoms with Crippen LogP contribution >= 0.6 is 0 Å². The van der Waals surface area contributed by atoms with Gasteiger partial charge in [-0.2, -0.15) is 0 Å². The first kappa shape index (κ1) is 29.4. The van der Waals surface area contributed by atoms with Gasteiger partial charge in [-0.05, 0) is 73.1 Å². The third-order valence-corrected chi connectivity index (χ3v) is 9.23. The summed E-state index contributed by atoms with van der Waals surface area (Å²) in [5.41, 5.74) is 9.79. The Bertz CT molecular complexity index is 2550. The average molecular weight is 639 g/mol. The summed E-state index contributed by atoms with van der Waals surface area (Å²) in [5, 5.41) is 4.73. The van der Waals surface area contributed by atoms with Crippen molar-refractivity contribution < 1.29 is 0 Å². The Kier molecular flexibility index (Phi) is 7.45. The summed E-state index contributed by atoms with van der Waals surface area (Å²) in [4.78, 5) is 19.3. The van der Waals surface area contributed by atoms with Crippen molar-refractivity contribution in [2.45, 2.75) is 0 Å². The molecule has 0 unspecified atom stereocenters. The lowest BCUT2D eigenvalue weighted by Crippen LogP contribution is -2.00. The number of pyridine rings is 1. The van der Waals surface area contributed by atoms with Gasteiger partial charge in [0.25, 0.3) is 0 Å². The SMILES string of the molecule is c1ccc(-c2nc(-c3ccccc3)nc(-c3ccc4c(c3)c(-c3ccc(-c5ccncc5)cc3)c(-c3ccccc3)c3ccccc34)n2)cc1. The third kappa shape index (κ3) is 5.39. The van der Waals surface area contributed by atoms with Crippen molar-refractivity contribution in [3.63, 3.8) is 0 Å². The van der Waals surface area contributed by atoms with Gasteiger partial charge in [0, 0.05) is 29.1 Å². The largest absolute Gasteiger partial charge is 0.265 e. The summed E-state index contributed by atoms with van der Waals surface area (Å²) < 4.78 is 0. The van der Waals surface area contributed by atoms with Crippen LogP contribution in [-0.2, 0) is 0 Å². The van der Waals surface area contributed by atoms with E-state index in [0.717, 1.165) is 38.8 Å². The standard InChI is InChI=1S/C46H30N4/c1-4-12-33(13-5-1)42-40-19-11-10-18-38(40)39-25-24-37(30-41(39)43(42)34-22-20-31(21-23-34)32-26-28-47-29-27-32)46-49-44(35-14-6-2-7-15-35)48-45(50-46)36-16-8-3-9-17-36/h1-30H. The van der Waals surface area contributed by atoms with Crippen molar-refractivity contribution >= 4 is 21.5 Å². The zero-order chi connectivity index (χ0) is 33.3. The van der Waals surface area contributed by atoms with Gasteiger partial charge in [-0.25, -0.2) is 15.0 Å². The van der Waals surface area contributed by atoms with Gasteiger partial charge in [-0.1, -0.05) is 152 Å². The van der Waals surface area contributed by atoms with Gasteiger partial charge in [0.2, 0.25) is 0 Å². The number of hydrogen-bond donors (Lipinski definition) is 0. The zero-order valence-corrected chi connectivity index (χ0v) is 27.1. The molecule has 9 aromatic rings. The van der Waals surface area contributed by atoms with Crippen LogP contribution in [0.3, 0.4) is 0 Å². The summed E-state index contributed by atoms with van der Waals surface area (Å²) in [6, 6.07) is 59.3. The van der Waals surface area contributed by atoms with Crippen molar-refractivity contribution in [2.75, 3.05) is 0 Å². The van der Waals surface area contributed by atoms with Crippen molar-refractivity contribution in [1.29, 1.82) is 0 Å². The minimum atomic E-state index is 0.632. The maximum atomic E-state index is 5.07. The van der Waals surface area contributed by atoms with Gasteiger partial charge in [-0.15, -0.1) is 0 Å². The summed E-state index contributed by atoms with van der Waals surface area (Å²) in [6.07, 6.45) is 3.67. The molecule has 0 spiro atoms. The normalized spacial score (nSPS) is 11.2. The monoisotopic (exact) mass is 638 g/mol. The van der Waals surface area contributed by atoms with E-state index in [2.05, 4.69) is 102 Å². The van der Waals surface area contributed by atoms with E-state index in [-0.39, 0.29) is 0 Å². The van der Waals surface area contributed by atoms with Crippen LogP contribution in [0.15, 0.2) is 182 Å². The second kappa shape index (κ2) is 12.7. The van der Waals surface area contributed by atoms with Gasteiger partial charge < -0.3 is 0 Å². The van der Waals surface area contributed by atoms with Crippen molar-refractivity contribution in [3.8, 4) is 67.5 Å². The number of rotatable bonds is 6. The molecule has 0 amide bonds. The number of hydrogen-bond acceptors (Lipinski definition) is 4. The molecule has 9 rings (SSSR count). The predicted octanol–water partition coefficient (Wildman–Crippen LogP) is 11.6. The first-order valence-electron chi connectivity index (χ1n) is 16.7. The molecule has 2 heterocycles. The second-order valence-electron chi connectivity index (χ2n) is 12.3. The Morgan fingerprint density at radius 2 is 0.660 bits per heavy atom. The Morgan fingerprint density at radius 1 is 0.260 bits per heavy atom. The average Bonchev–Trinajstić information content (AvgIpc) is 3.21. The number of aromatic nitrogens is 4. The maximum absolute atomic E-state index is 5.07. The van der Waals surface area contributed by atoms with Crippen LogP contribution < -0.4 is 0 Å². The molecule has 0 fully saturated rings. The molecule has 4 heteroatoms. The van der Waals surface area contributed by atoms with E-state index < -0.39 is 0 Å². The molecule has 50 heavy (non-hydrogen) atoms. The van der Waals surface area contributed by atoms with Crippen molar-refractivity contribution in [3.05, 3.63) is 182 Å². The van der Waals surface area contributed by atoms with Gasteiger partial charge in [-0.3, -0.25) is 4.98 Å². The highest BCUT2D eigenvalue weighted by Gasteiger charge is 2.20. The zero-order valence-electron chi connectivity index (χ0n) is 27.1. The number of benzene rings is 7. The van der Waals surface area contributed by atoms with Crippen LogP contribution in [-0.4, -0.2) is 19.9 Å². The highest BCUT2D eigenvalue weighted by molar-refractivity contribution is 6.22. The highest BCUT2D eigenvalue weighted by atomic mass is 15.0. The molecule has 0 bridgehead atoms. The molecule has 0 radical (unpaired) electrons. The Hall–Kier alpha value is -6.78. The fourth-order valence-corrected chi connectivity index (χ4v) is 6.85. The molecule has 0 atom stereocenters. The number of fused-ring (bicyclic) bond motifs is 3. The van der Waals surface area contributed by atoms with E-state index in [1.807, 2.05) is 85.2 Å². The molecule has 0 saturated heterocycles. The molecule has 0 aliphatic rings. The van der Waals surface area contributed by atoms with Gasteiger partial charge in [0.1, 0.15) is 0 Å². The molecule has 4 nitrogen and oxygen atoms in total. The third-order valence-electron chi connectivity index (χ3n) is 9.23. The molecular weight excluding hydrogens is 609 g/mol. The molecule has 7 aromatic carbocycles. The molecule has 0 N–H and O–H groups in total. The van der Waals surface area contributed by atoms with Crippen LogP contribution in [0.25, 0.3) is 89.1 Å². The van der Waals surface area contributed by atoms with Gasteiger partial charge >= 0.3 is 0 Å². The highest BCUT2D eigenvalue weighted by Crippen LogP contribution is 2.45. The molecule has 0 aliphatic carbocycles. The van der Waals surface area contributed by atoms with E-state index in [9.17, 15) is 0 Å². The maximum Gasteiger partial charge on any atom is 0.164 e. The van der Waals surface area contributed by atoms with Gasteiger partial charge in [0.05, 0.1) is 0 Å². The van der Waals surface area contributed by atoms with Crippen molar-refractivity contribution in [1.82, 2.24) is 19.9 Å². The minimum absolute atomic E-state index is 0.632. The fraction of sp³-hybridized carbons (Fsp3) is 0. The van der Waals surface area contributed by atoms with E-state index in [1.54, 1.807) is 0 Å². The van der Waals surface area contributed by atoms with Crippen LogP contribution in [0.4, 0.5) is 0 Å². The minimum Gasteiger partial charge on any atom is -0.265 e. The summed E-state index contributed by atoms with van der Waals surface area (Å²) >= 11 is 0. The lowest BCUT2D eigenvalue weighted by atomic mass is 9.84. The second-order valence-corrected chi connectivity index (χ2v) is 12.3. The van der Waals surface area contributed by atoms with E-state index in [1.165, 1.54) is 32.8 Å². The lowest BCUT2D eigenvalue weighted by molar-refractivity contribution is 1.07. The topological polar surface area (TPSA) is 51.6 Å². The predicted molar refractivity (Wildman–Crippen MR) is 205 cm³/mol. The van der Waals surface area contributed by atoms with Crippen LogP contribution in [0, 0.1) is 0 Å². The smallest absolute Gasteiger partial charge is 0.164 e. The fourth-order valence-electron chi connectivity index (χ4n) is 6.85. The van der Waals surface area contributed by atoms with E-state index >= 15 is 0 Å². The summed E-state index contributed by atoms with van der Waals surface area (Å²) in [6.45, 7) is 0. The summed E-state index contributed by atoms with van der Waals surface area (Å²) in [5.74, 6) is 1.92. The van der Waals surface area contributed by atoms with Crippen LogP contribution in [0.2, 0.25) is 0 Å². The van der Waals surface area contributed by atoms with Gasteiger partial charge in [0.15, 0.2) is 17.5 Å².